The molecule has 0 aromatic heterocycles. The number of carbonyl (C=O) groups is 2. The van der Waals surface area contributed by atoms with Gasteiger partial charge in [0, 0.05) is 13.0 Å². The first-order chi connectivity index (χ1) is 17.5. The van der Waals surface area contributed by atoms with E-state index < -0.39 is 12.0 Å². The molecule has 5 rings (SSSR count). The Kier molecular flexibility index (Phi) is 6.38. The monoisotopic (exact) mass is 485 g/mol. The molecule has 1 aliphatic heterocycles. The van der Waals surface area contributed by atoms with Crippen LogP contribution in [0.3, 0.4) is 0 Å². The van der Waals surface area contributed by atoms with Gasteiger partial charge in [0.2, 0.25) is 5.91 Å². The van der Waals surface area contributed by atoms with Crippen LogP contribution in [-0.2, 0) is 22.7 Å². The molecule has 1 aliphatic rings. The van der Waals surface area contributed by atoms with Crippen molar-refractivity contribution in [3.63, 3.8) is 0 Å². The van der Waals surface area contributed by atoms with E-state index in [1.54, 1.807) is 14.2 Å². The van der Waals surface area contributed by atoms with Gasteiger partial charge in [0.25, 0.3) is 0 Å². The standard InChI is InChI=1S/C29H27NO6/c1-34-26-13-19-12-20(16-30-25(29(32)33)10-11-28(30)31)22-9-8-21(36-17-18-6-4-3-5-7-18)14-24(22)23(19)15-27(26)35-2/h3-9,12-15,25H,10-11,16-17H2,1-2H3,(H,32,33)/t25-/m1/s1. The first kappa shape index (κ1) is 23.5. The summed E-state index contributed by atoms with van der Waals surface area (Å²) in [4.78, 5) is 25.8. The molecule has 1 fully saturated rings. The summed E-state index contributed by atoms with van der Waals surface area (Å²) < 4.78 is 17.2. The molecule has 7 nitrogen and oxygen atoms in total. The van der Waals surface area contributed by atoms with E-state index in [0.29, 0.717) is 30.3 Å². The van der Waals surface area contributed by atoms with Gasteiger partial charge in [-0.2, -0.15) is 0 Å². The molecular formula is C29H27NO6. The maximum Gasteiger partial charge on any atom is 0.326 e. The van der Waals surface area contributed by atoms with Crippen LogP contribution < -0.4 is 14.2 Å². The summed E-state index contributed by atoms with van der Waals surface area (Å²) >= 11 is 0. The Hall–Kier alpha value is -4.26. The number of carboxylic acids is 1. The molecule has 4 aromatic carbocycles. The number of rotatable bonds is 8. The van der Waals surface area contributed by atoms with Gasteiger partial charge in [-0.15, -0.1) is 0 Å². The molecule has 0 bridgehead atoms. The zero-order valence-corrected chi connectivity index (χ0v) is 20.2. The molecule has 0 spiro atoms. The number of hydrogen-bond acceptors (Lipinski definition) is 5. The lowest BCUT2D eigenvalue weighted by molar-refractivity contribution is -0.146. The number of carboxylic acid groups (broad SMARTS) is 1. The van der Waals surface area contributed by atoms with Crippen molar-refractivity contribution in [1.82, 2.24) is 4.90 Å². The minimum Gasteiger partial charge on any atom is -0.493 e. The van der Waals surface area contributed by atoms with Crippen molar-refractivity contribution in [3.8, 4) is 17.2 Å². The summed E-state index contributed by atoms with van der Waals surface area (Å²) in [5.41, 5.74) is 1.93. The summed E-state index contributed by atoms with van der Waals surface area (Å²) in [5, 5.41) is 13.3. The third-order valence-corrected chi connectivity index (χ3v) is 6.71. The van der Waals surface area contributed by atoms with Gasteiger partial charge in [-0.25, -0.2) is 4.79 Å². The van der Waals surface area contributed by atoms with Crippen LogP contribution in [0.15, 0.2) is 66.7 Å². The number of carbonyl (C=O) groups excluding carboxylic acids is 1. The van der Waals surface area contributed by atoms with E-state index >= 15 is 0 Å². The van der Waals surface area contributed by atoms with E-state index in [9.17, 15) is 14.7 Å². The Balaban J connectivity index is 1.62. The fourth-order valence-electron chi connectivity index (χ4n) is 4.87. The second-order valence-electron chi connectivity index (χ2n) is 8.86. The largest absolute Gasteiger partial charge is 0.493 e. The van der Waals surface area contributed by atoms with E-state index in [-0.39, 0.29) is 18.9 Å². The maximum absolute atomic E-state index is 12.6. The summed E-state index contributed by atoms with van der Waals surface area (Å²) in [6.45, 7) is 0.643. The van der Waals surface area contributed by atoms with Crippen LogP contribution in [-0.4, -0.2) is 42.1 Å². The Morgan fingerprint density at radius 3 is 2.42 bits per heavy atom. The fraction of sp³-hybridized carbons (Fsp3) is 0.241. The lowest BCUT2D eigenvalue weighted by Crippen LogP contribution is -2.37. The third-order valence-electron chi connectivity index (χ3n) is 6.71. The SMILES string of the molecule is COc1cc2cc(CN3C(=O)CC[C@@H]3C(=O)O)c3ccc(OCc4ccccc4)cc3c2cc1OC. The first-order valence-corrected chi connectivity index (χ1v) is 11.8. The van der Waals surface area contributed by atoms with E-state index in [1.165, 1.54) is 4.90 Å². The zero-order chi connectivity index (χ0) is 25.2. The molecule has 1 amide bonds. The zero-order valence-electron chi connectivity index (χ0n) is 20.2. The molecule has 1 atom stereocenters. The molecule has 1 heterocycles. The van der Waals surface area contributed by atoms with Crippen molar-refractivity contribution in [1.29, 1.82) is 0 Å². The third kappa shape index (κ3) is 4.40. The molecule has 4 aromatic rings. The van der Waals surface area contributed by atoms with Crippen molar-refractivity contribution in [2.24, 2.45) is 0 Å². The van der Waals surface area contributed by atoms with Crippen LogP contribution in [0.4, 0.5) is 0 Å². The Morgan fingerprint density at radius 1 is 0.944 bits per heavy atom. The molecule has 0 saturated carbocycles. The van der Waals surface area contributed by atoms with Crippen molar-refractivity contribution in [3.05, 3.63) is 77.9 Å². The molecule has 184 valence electrons. The number of fused-ring (bicyclic) bond motifs is 3. The van der Waals surface area contributed by atoms with Crippen LogP contribution in [0.2, 0.25) is 0 Å². The highest BCUT2D eigenvalue weighted by Gasteiger charge is 2.36. The molecule has 0 aliphatic carbocycles. The minimum atomic E-state index is -0.978. The number of ether oxygens (including phenoxy) is 3. The van der Waals surface area contributed by atoms with E-state index in [1.807, 2.05) is 66.7 Å². The van der Waals surface area contributed by atoms with Crippen LogP contribution in [0.25, 0.3) is 21.5 Å². The summed E-state index contributed by atoms with van der Waals surface area (Å²) in [6, 6.07) is 20.8. The van der Waals surface area contributed by atoms with Gasteiger partial charge in [0.1, 0.15) is 18.4 Å². The van der Waals surface area contributed by atoms with E-state index in [2.05, 4.69) is 0 Å². The number of amides is 1. The van der Waals surface area contributed by atoms with Gasteiger partial charge >= 0.3 is 5.97 Å². The number of hydrogen-bond donors (Lipinski definition) is 1. The lowest BCUT2D eigenvalue weighted by Gasteiger charge is -2.23. The molecule has 7 heteroatoms. The van der Waals surface area contributed by atoms with Crippen molar-refractivity contribution < 1.29 is 28.9 Å². The molecule has 1 saturated heterocycles. The average Bonchev–Trinajstić information content (AvgIpc) is 3.27. The van der Waals surface area contributed by atoms with Crippen molar-refractivity contribution in [2.75, 3.05) is 14.2 Å². The number of nitrogens with zero attached hydrogens (tertiary/aromatic N) is 1. The van der Waals surface area contributed by atoms with Crippen molar-refractivity contribution in [2.45, 2.75) is 32.0 Å². The lowest BCUT2D eigenvalue weighted by atomic mass is 9.96. The highest BCUT2D eigenvalue weighted by molar-refractivity contribution is 6.10. The average molecular weight is 486 g/mol. The van der Waals surface area contributed by atoms with E-state index in [4.69, 9.17) is 14.2 Å². The summed E-state index contributed by atoms with van der Waals surface area (Å²) in [6.07, 6.45) is 0.563. The predicted octanol–water partition coefficient (Wildman–Crippen LogP) is 5.16. The van der Waals surface area contributed by atoms with E-state index in [0.717, 1.165) is 32.7 Å². The second-order valence-corrected chi connectivity index (χ2v) is 8.86. The molecule has 0 unspecified atom stereocenters. The second kappa shape index (κ2) is 9.77. The van der Waals surface area contributed by atoms with Gasteiger partial charge in [-0.05, 0) is 69.4 Å². The number of likely N-dealkylation sites (tertiary alicyclic amines) is 1. The smallest absolute Gasteiger partial charge is 0.326 e. The predicted molar refractivity (Wildman–Crippen MR) is 137 cm³/mol. The molecule has 36 heavy (non-hydrogen) atoms. The van der Waals surface area contributed by atoms with Crippen LogP contribution in [0, 0.1) is 0 Å². The number of benzene rings is 4. The van der Waals surface area contributed by atoms with Crippen LogP contribution >= 0.6 is 0 Å². The number of methoxy groups -OCH3 is 2. The van der Waals surface area contributed by atoms with Gasteiger partial charge in [-0.3, -0.25) is 4.79 Å². The van der Waals surface area contributed by atoms with Crippen LogP contribution in [0.1, 0.15) is 24.0 Å². The summed E-state index contributed by atoms with van der Waals surface area (Å²) in [7, 11) is 3.18. The molecular weight excluding hydrogens is 458 g/mol. The van der Waals surface area contributed by atoms with Gasteiger partial charge in [0.05, 0.1) is 14.2 Å². The molecule has 0 radical (unpaired) electrons. The fourth-order valence-corrected chi connectivity index (χ4v) is 4.87. The normalized spacial score (nSPS) is 15.4. The Labute approximate surface area is 208 Å². The van der Waals surface area contributed by atoms with Gasteiger partial charge < -0.3 is 24.2 Å². The number of aliphatic carboxylic acids is 1. The van der Waals surface area contributed by atoms with Crippen LogP contribution in [0.5, 0.6) is 17.2 Å². The quantitative estimate of drug-likeness (QED) is 0.347. The van der Waals surface area contributed by atoms with Crippen molar-refractivity contribution >= 4 is 33.4 Å². The van der Waals surface area contributed by atoms with Gasteiger partial charge in [-0.1, -0.05) is 36.4 Å². The van der Waals surface area contributed by atoms with Gasteiger partial charge in [0.15, 0.2) is 11.5 Å². The highest BCUT2D eigenvalue weighted by Crippen LogP contribution is 2.39. The Bertz CT molecular complexity index is 1450. The minimum absolute atomic E-state index is 0.147. The topological polar surface area (TPSA) is 85.3 Å². The maximum atomic E-state index is 12.6. The molecule has 1 N–H and O–H groups in total. The highest BCUT2D eigenvalue weighted by atomic mass is 16.5. The summed E-state index contributed by atoms with van der Waals surface area (Å²) in [5.74, 6) is 0.780. The first-order valence-electron chi connectivity index (χ1n) is 11.8. The Morgan fingerprint density at radius 2 is 1.69 bits per heavy atom.